The van der Waals surface area contributed by atoms with E-state index in [2.05, 4.69) is 5.32 Å². The van der Waals surface area contributed by atoms with E-state index < -0.39 is 23.8 Å². The fourth-order valence-electron chi connectivity index (χ4n) is 3.93. The van der Waals surface area contributed by atoms with Crippen molar-refractivity contribution in [3.63, 3.8) is 0 Å². The second-order valence-electron chi connectivity index (χ2n) is 7.86. The van der Waals surface area contributed by atoms with E-state index >= 15 is 0 Å². The van der Waals surface area contributed by atoms with Crippen LogP contribution in [-0.4, -0.2) is 35.0 Å². The van der Waals surface area contributed by atoms with E-state index in [1.54, 1.807) is 43.3 Å². The molecule has 0 saturated carbocycles. The lowest BCUT2D eigenvalue weighted by atomic mass is 10.1. The number of amides is 4. The van der Waals surface area contributed by atoms with Crippen LogP contribution in [0.3, 0.4) is 0 Å². The van der Waals surface area contributed by atoms with Gasteiger partial charge in [0.25, 0.3) is 11.8 Å². The summed E-state index contributed by atoms with van der Waals surface area (Å²) in [5, 5.41) is 2.67. The Bertz CT molecular complexity index is 1370. The van der Waals surface area contributed by atoms with Gasteiger partial charge in [0.2, 0.25) is 0 Å². The van der Waals surface area contributed by atoms with Crippen molar-refractivity contribution in [3.05, 3.63) is 87.7 Å². The van der Waals surface area contributed by atoms with Gasteiger partial charge in [-0.1, -0.05) is 11.6 Å². The van der Waals surface area contributed by atoms with Crippen molar-refractivity contribution in [1.82, 2.24) is 9.88 Å². The highest BCUT2D eigenvalue weighted by Crippen LogP contribution is 2.27. The van der Waals surface area contributed by atoms with Crippen LogP contribution in [0, 0.1) is 13.8 Å². The van der Waals surface area contributed by atoms with Gasteiger partial charge in [0.15, 0.2) is 0 Å². The van der Waals surface area contributed by atoms with Gasteiger partial charge in [-0.2, -0.15) is 0 Å². The number of urea groups is 1. The predicted molar refractivity (Wildman–Crippen MR) is 132 cm³/mol. The zero-order chi connectivity index (χ0) is 25.3. The first kappa shape index (κ1) is 24.0. The molecule has 0 spiro atoms. The van der Waals surface area contributed by atoms with Gasteiger partial charge in [-0.05, 0) is 87.0 Å². The Balaban J connectivity index is 1.69. The van der Waals surface area contributed by atoms with E-state index in [0.29, 0.717) is 28.4 Å². The number of rotatable bonds is 5. The van der Waals surface area contributed by atoms with Gasteiger partial charge in [0, 0.05) is 22.1 Å². The number of nitrogens with zero attached hydrogens (tertiary/aromatic N) is 2. The van der Waals surface area contributed by atoms with E-state index in [-0.39, 0.29) is 5.57 Å². The summed E-state index contributed by atoms with van der Waals surface area (Å²) in [6.45, 7) is 5.78. The Morgan fingerprint density at radius 1 is 1.00 bits per heavy atom. The largest absolute Gasteiger partial charge is 0.462 e. The molecule has 1 aliphatic rings. The average molecular weight is 492 g/mol. The number of aryl methyl sites for hydroxylation is 1. The molecule has 0 radical (unpaired) electrons. The topological polar surface area (TPSA) is 97.7 Å². The van der Waals surface area contributed by atoms with Crippen molar-refractivity contribution in [2.45, 2.75) is 20.8 Å². The molecule has 0 aliphatic carbocycles. The molecule has 2 aromatic carbocycles. The SMILES string of the molecule is CCOC(=O)c1ccc(-n2c(C)cc(/C=C3\C(=O)NC(=O)N(c4ccc(Cl)cc4)C3=O)c2C)cc1. The predicted octanol–water partition coefficient (Wildman–Crippen LogP) is 4.59. The smallest absolute Gasteiger partial charge is 0.338 e. The molecule has 1 saturated heterocycles. The number of halogens is 1. The van der Waals surface area contributed by atoms with Crippen LogP contribution in [0.25, 0.3) is 11.8 Å². The summed E-state index contributed by atoms with van der Waals surface area (Å²) in [6.07, 6.45) is 1.47. The van der Waals surface area contributed by atoms with E-state index in [1.807, 2.05) is 24.5 Å². The van der Waals surface area contributed by atoms with E-state index in [0.717, 1.165) is 22.0 Å². The van der Waals surface area contributed by atoms with Crippen molar-refractivity contribution in [1.29, 1.82) is 0 Å². The van der Waals surface area contributed by atoms with Crippen LogP contribution in [0.2, 0.25) is 5.02 Å². The van der Waals surface area contributed by atoms with Gasteiger partial charge in [-0.3, -0.25) is 14.9 Å². The zero-order valence-electron chi connectivity index (χ0n) is 19.3. The number of nitrogens with one attached hydrogen (secondary N) is 1. The van der Waals surface area contributed by atoms with Crippen molar-refractivity contribution in [2.75, 3.05) is 11.5 Å². The maximum absolute atomic E-state index is 13.2. The number of aromatic nitrogens is 1. The first-order chi connectivity index (χ1) is 16.7. The number of carbonyl (C=O) groups is 4. The summed E-state index contributed by atoms with van der Waals surface area (Å²) in [4.78, 5) is 51.0. The Kier molecular flexibility index (Phi) is 6.57. The van der Waals surface area contributed by atoms with Gasteiger partial charge in [-0.15, -0.1) is 0 Å². The molecule has 1 aromatic heterocycles. The van der Waals surface area contributed by atoms with Crippen LogP contribution in [0.5, 0.6) is 0 Å². The summed E-state index contributed by atoms with van der Waals surface area (Å²) in [5.74, 6) is -1.90. The number of carbonyl (C=O) groups excluding carboxylic acids is 4. The number of ether oxygens (including phenoxy) is 1. The normalized spacial score (nSPS) is 14.9. The summed E-state index contributed by atoms with van der Waals surface area (Å²) >= 11 is 5.91. The fourth-order valence-corrected chi connectivity index (χ4v) is 4.06. The van der Waals surface area contributed by atoms with Gasteiger partial charge in [0.05, 0.1) is 17.9 Å². The van der Waals surface area contributed by atoms with Crippen molar-refractivity contribution < 1.29 is 23.9 Å². The molecule has 178 valence electrons. The summed E-state index contributed by atoms with van der Waals surface area (Å²) < 4.78 is 6.97. The van der Waals surface area contributed by atoms with Gasteiger partial charge in [0.1, 0.15) is 5.57 Å². The highest BCUT2D eigenvalue weighted by atomic mass is 35.5. The van der Waals surface area contributed by atoms with E-state index in [9.17, 15) is 19.2 Å². The summed E-state index contributed by atoms with van der Waals surface area (Å²) in [5.41, 5.74) is 3.63. The fraction of sp³-hybridized carbons (Fsp3) is 0.154. The van der Waals surface area contributed by atoms with Gasteiger partial charge in [-0.25, -0.2) is 14.5 Å². The number of hydrogen-bond acceptors (Lipinski definition) is 5. The van der Waals surface area contributed by atoms with Crippen LogP contribution in [-0.2, 0) is 14.3 Å². The third-order valence-electron chi connectivity index (χ3n) is 5.59. The first-order valence-corrected chi connectivity index (χ1v) is 11.2. The van der Waals surface area contributed by atoms with Crippen molar-refractivity contribution in [3.8, 4) is 5.69 Å². The number of barbiturate groups is 1. The van der Waals surface area contributed by atoms with Crippen molar-refractivity contribution >= 4 is 47.2 Å². The Labute approximate surface area is 206 Å². The molecular weight excluding hydrogens is 470 g/mol. The lowest BCUT2D eigenvalue weighted by Gasteiger charge is -2.26. The Morgan fingerprint density at radius 3 is 2.26 bits per heavy atom. The lowest BCUT2D eigenvalue weighted by molar-refractivity contribution is -0.122. The van der Waals surface area contributed by atoms with Crippen LogP contribution < -0.4 is 10.2 Å². The molecule has 0 atom stereocenters. The van der Waals surface area contributed by atoms with Crippen LogP contribution >= 0.6 is 11.6 Å². The van der Waals surface area contributed by atoms with Crippen LogP contribution in [0.15, 0.2) is 60.2 Å². The molecule has 1 fully saturated rings. The molecule has 4 rings (SSSR count). The molecule has 4 amide bonds. The minimum atomic E-state index is -0.827. The van der Waals surface area contributed by atoms with Crippen LogP contribution in [0.1, 0.15) is 34.2 Å². The molecule has 1 N–H and O–H groups in total. The molecule has 2 heterocycles. The number of hydrogen-bond donors (Lipinski definition) is 1. The monoisotopic (exact) mass is 491 g/mol. The molecule has 0 bridgehead atoms. The molecule has 9 heteroatoms. The minimum absolute atomic E-state index is 0.169. The van der Waals surface area contributed by atoms with E-state index in [1.165, 1.54) is 18.2 Å². The quantitative estimate of drug-likeness (QED) is 0.320. The minimum Gasteiger partial charge on any atom is -0.462 e. The van der Waals surface area contributed by atoms with E-state index in [4.69, 9.17) is 16.3 Å². The molecule has 1 aliphatic heterocycles. The molecular formula is C26H22ClN3O5. The maximum Gasteiger partial charge on any atom is 0.338 e. The average Bonchev–Trinajstić information content (AvgIpc) is 3.10. The third kappa shape index (κ3) is 4.61. The number of benzene rings is 2. The van der Waals surface area contributed by atoms with Gasteiger partial charge >= 0.3 is 12.0 Å². The standard InChI is InChI=1S/C26H22ClN3O5/c1-4-35-25(33)17-5-9-20(10-6-17)29-15(2)13-18(16(29)3)14-22-23(31)28-26(34)30(24(22)32)21-11-7-19(27)8-12-21/h5-14H,4H2,1-3H3,(H,28,31,34)/b22-14+. The Morgan fingerprint density at radius 2 is 1.63 bits per heavy atom. The highest BCUT2D eigenvalue weighted by Gasteiger charge is 2.37. The maximum atomic E-state index is 13.2. The number of imide groups is 2. The second kappa shape index (κ2) is 9.60. The molecule has 3 aromatic rings. The highest BCUT2D eigenvalue weighted by molar-refractivity contribution is 6.39. The lowest BCUT2D eigenvalue weighted by Crippen LogP contribution is -2.54. The van der Waals surface area contributed by atoms with Gasteiger partial charge < -0.3 is 9.30 Å². The van der Waals surface area contributed by atoms with Crippen LogP contribution in [0.4, 0.5) is 10.5 Å². The van der Waals surface area contributed by atoms with Crippen molar-refractivity contribution in [2.24, 2.45) is 0 Å². The number of esters is 1. The Hall–Kier alpha value is -4.17. The third-order valence-corrected chi connectivity index (χ3v) is 5.85. The zero-order valence-corrected chi connectivity index (χ0v) is 20.1. The molecule has 8 nitrogen and oxygen atoms in total. The number of anilines is 1. The molecule has 35 heavy (non-hydrogen) atoms. The first-order valence-electron chi connectivity index (χ1n) is 10.8. The summed E-state index contributed by atoms with van der Waals surface area (Å²) in [7, 11) is 0. The molecule has 0 unspecified atom stereocenters. The summed E-state index contributed by atoms with van der Waals surface area (Å²) in [6, 6.07) is 14.1. The second-order valence-corrected chi connectivity index (χ2v) is 8.30.